The molecule has 2 nitrogen and oxygen atoms in total. The fourth-order valence-electron chi connectivity index (χ4n) is 2.08. The van der Waals surface area contributed by atoms with E-state index in [9.17, 15) is 5.11 Å². The molecule has 2 rings (SSSR count). The summed E-state index contributed by atoms with van der Waals surface area (Å²) in [5, 5.41) is 11.2. The molecule has 19 heavy (non-hydrogen) atoms. The summed E-state index contributed by atoms with van der Waals surface area (Å²) in [5.74, 6) is 0.686. The van der Waals surface area contributed by atoms with E-state index in [4.69, 9.17) is 16.3 Å². The van der Waals surface area contributed by atoms with Crippen LogP contribution in [0.15, 0.2) is 36.4 Å². The highest BCUT2D eigenvalue weighted by Crippen LogP contribution is 2.32. The molecule has 1 unspecified atom stereocenters. The van der Waals surface area contributed by atoms with Crippen LogP contribution in [0.3, 0.4) is 0 Å². The van der Waals surface area contributed by atoms with Crippen LogP contribution in [0.5, 0.6) is 5.75 Å². The van der Waals surface area contributed by atoms with Crippen LogP contribution >= 0.6 is 11.6 Å². The molecule has 0 spiro atoms. The number of aliphatic hydroxyl groups is 1. The van der Waals surface area contributed by atoms with Crippen LogP contribution in [0, 0.1) is 13.8 Å². The molecule has 1 N–H and O–H groups in total. The minimum Gasteiger partial charge on any atom is -0.496 e. The summed E-state index contributed by atoms with van der Waals surface area (Å²) >= 11 is 6.01. The minimum absolute atomic E-state index is 0.686. The van der Waals surface area contributed by atoms with E-state index >= 15 is 0 Å². The molecule has 0 aromatic heterocycles. The zero-order valence-electron chi connectivity index (χ0n) is 11.3. The predicted octanol–water partition coefficient (Wildman–Crippen LogP) is 4.05. The van der Waals surface area contributed by atoms with Crippen molar-refractivity contribution in [3.63, 3.8) is 0 Å². The lowest BCUT2D eigenvalue weighted by Crippen LogP contribution is -2.03. The fraction of sp³-hybridized carbons (Fsp3) is 0.250. The summed E-state index contributed by atoms with van der Waals surface area (Å²) in [7, 11) is 1.61. The van der Waals surface area contributed by atoms with E-state index in [0.29, 0.717) is 10.8 Å². The molecular weight excluding hydrogens is 260 g/mol. The second kappa shape index (κ2) is 5.64. The number of halogens is 1. The van der Waals surface area contributed by atoms with Crippen molar-refractivity contribution in [2.24, 2.45) is 0 Å². The molecule has 0 saturated carbocycles. The quantitative estimate of drug-likeness (QED) is 0.916. The molecular formula is C16H17ClO2. The third-order valence-corrected chi connectivity index (χ3v) is 3.60. The maximum absolute atomic E-state index is 10.5. The molecule has 0 bridgehead atoms. The minimum atomic E-state index is -0.717. The van der Waals surface area contributed by atoms with Crippen molar-refractivity contribution in [3.05, 3.63) is 63.7 Å². The molecule has 0 fully saturated rings. The zero-order valence-corrected chi connectivity index (χ0v) is 12.0. The van der Waals surface area contributed by atoms with Crippen molar-refractivity contribution >= 4 is 11.6 Å². The number of hydrogen-bond donors (Lipinski definition) is 1. The average Bonchev–Trinajstić information content (AvgIpc) is 2.41. The number of benzene rings is 2. The van der Waals surface area contributed by atoms with Crippen molar-refractivity contribution in [1.29, 1.82) is 0 Å². The van der Waals surface area contributed by atoms with Gasteiger partial charge in [-0.25, -0.2) is 0 Å². The van der Waals surface area contributed by atoms with Crippen LogP contribution in [-0.4, -0.2) is 12.2 Å². The van der Waals surface area contributed by atoms with Crippen molar-refractivity contribution in [1.82, 2.24) is 0 Å². The van der Waals surface area contributed by atoms with E-state index in [1.54, 1.807) is 13.2 Å². The lowest BCUT2D eigenvalue weighted by molar-refractivity contribution is 0.214. The Kier molecular flexibility index (Phi) is 4.13. The Morgan fingerprint density at radius 3 is 2.47 bits per heavy atom. The molecule has 0 aliphatic carbocycles. The molecule has 100 valence electrons. The lowest BCUT2D eigenvalue weighted by Gasteiger charge is -2.16. The van der Waals surface area contributed by atoms with E-state index in [-0.39, 0.29) is 0 Å². The third-order valence-electron chi connectivity index (χ3n) is 3.18. The number of rotatable bonds is 3. The average molecular weight is 277 g/mol. The van der Waals surface area contributed by atoms with Crippen LogP contribution in [0.2, 0.25) is 5.02 Å². The molecule has 2 aromatic rings. The summed E-state index contributed by atoms with van der Waals surface area (Å²) in [6, 6.07) is 11.3. The molecule has 1 atom stereocenters. The molecule has 3 heteroatoms. The van der Waals surface area contributed by atoms with Gasteiger partial charge in [-0.1, -0.05) is 35.4 Å². The number of aliphatic hydroxyl groups excluding tert-OH is 1. The number of hydrogen-bond acceptors (Lipinski definition) is 2. The summed E-state index contributed by atoms with van der Waals surface area (Å²) in [6.07, 6.45) is -0.717. The predicted molar refractivity (Wildman–Crippen MR) is 78.0 cm³/mol. The molecule has 0 aliphatic rings. The molecule has 0 aliphatic heterocycles. The van der Waals surface area contributed by atoms with E-state index in [1.807, 2.05) is 44.2 Å². The van der Waals surface area contributed by atoms with Crippen molar-refractivity contribution in [2.75, 3.05) is 7.11 Å². The lowest BCUT2D eigenvalue weighted by atomic mass is 9.98. The molecule has 2 aromatic carbocycles. The van der Waals surface area contributed by atoms with Gasteiger partial charge in [-0.2, -0.15) is 0 Å². The highest BCUT2D eigenvalue weighted by Gasteiger charge is 2.16. The smallest absolute Gasteiger partial charge is 0.125 e. The largest absolute Gasteiger partial charge is 0.496 e. The first kappa shape index (κ1) is 13.9. The number of ether oxygens (including phenoxy) is 1. The van der Waals surface area contributed by atoms with Gasteiger partial charge in [0, 0.05) is 10.6 Å². The normalized spacial score (nSPS) is 12.3. The van der Waals surface area contributed by atoms with E-state index in [2.05, 4.69) is 0 Å². The number of methoxy groups -OCH3 is 1. The van der Waals surface area contributed by atoms with E-state index < -0.39 is 6.10 Å². The van der Waals surface area contributed by atoms with Crippen LogP contribution in [0.25, 0.3) is 0 Å². The van der Waals surface area contributed by atoms with Crippen LogP contribution in [0.1, 0.15) is 28.4 Å². The first-order valence-electron chi connectivity index (χ1n) is 6.11. The summed E-state index contributed by atoms with van der Waals surface area (Å²) < 4.78 is 5.31. The second-order valence-electron chi connectivity index (χ2n) is 4.66. The van der Waals surface area contributed by atoms with Gasteiger partial charge in [-0.05, 0) is 43.2 Å². The molecule has 0 heterocycles. The standard InChI is InChI=1S/C16H17ClO2/c1-10-4-7-15(19-3)13(8-10)16(18)12-5-6-14(17)11(2)9-12/h4-9,16,18H,1-3H3. The van der Waals surface area contributed by atoms with Gasteiger partial charge >= 0.3 is 0 Å². The van der Waals surface area contributed by atoms with Crippen molar-refractivity contribution < 1.29 is 9.84 Å². The Labute approximate surface area is 118 Å². The van der Waals surface area contributed by atoms with Crippen LogP contribution in [-0.2, 0) is 0 Å². The zero-order chi connectivity index (χ0) is 14.0. The van der Waals surface area contributed by atoms with Crippen LogP contribution < -0.4 is 4.74 Å². The Morgan fingerprint density at radius 1 is 1.11 bits per heavy atom. The summed E-state index contributed by atoms with van der Waals surface area (Å²) in [6.45, 7) is 3.91. The third kappa shape index (κ3) is 2.91. The van der Waals surface area contributed by atoms with Gasteiger partial charge in [0.25, 0.3) is 0 Å². The fourth-order valence-corrected chi connectivity index (χ4v) is 2.20. The second-order valence-corrected chi connectivity index (χ2v) is 5.06. The summed E-state index contributed by atoms with van der Waals surface area (Å²) in [5.41, 5.74) is 3.61. The Balaban J connectivity index is 2.45. The van der Waals surface area contributed by atoms with E-state index in [1.165, 1.54) is 0 Å². The highest BCUT2D eigenvalue weighted by molar-refractivity contribution is 6.31. The van der Waals surface area contributed by atoms with Gasteiger partial charge in [0.2, 0.25) is 0 Å². The van der Waals surface area contributed by atoms with Crippen LogP contribution in [0.4, 0.5) is 0 Å². The van der Waals surface area contributed by atoms with Gasteiger partial charge in [0.05, 0.1) is 7.11 Å². The SMILES string of the molecule is COc1ccc(C)cc1C(O)c1ccc(Cl)c(C)c1. The van der Waals surface area contributed by atoms with Gasteiger partial charge < -0.3 is 9.84 Å². The van der Waals surface area contributed by atoms with Crippen molar-refractivity contribution in [3.8, 4) is 5.75 Å². The highest BCUT2D eigenvalue weighted by atomic mass is 35.5. The molecule has 0 radical (unpaired) electrons. The summed E-state index contributed by atoms with van der Waals surface area (Å²) in [4.78, 5) is 0. The topological polar surface area (TPSA) is 29.5 Å². The maximum Gasteiger partial charge on any atom is 0.125 e. The Morgan fingerprint density at radius 2 is 1.84 bits per heavy atom. The van der Waals surface area contributed by atoms with Gasteiger partial charge in [0.1, 0.15) is 11.9 Å². The Bertz CT molecular complexity index is 593. The van der Waals surface area contributed by atoms with Gasteiger partial charge in [0.15, 0.2) is 0 Å². The Hall–Kier alpha value is -1.51. The van der Waals surface area contributed by atoms with Crippen molar-refractivity contribution in [2.45, 2.75) is 20.0 Å². The molecule has 0 amide bonds. The van der Waals surface area contributed by atoms with Gasteiger partial charge in [-0.15, -0.1) is 0 Å². The number of aryl methyl sites for hydroxylation is 2. The monoisotopic (exact) mass is 276 g/mol. The van der Waals surface area contributed by atoms with Gasteiger partial charge in [-0.3, -0.25) is 0 Å². The molecule has 0 saturated heterocycles. The maximum atomic E-state index is 10.5. The first-order valence-corrected chi connectivity index (χ1v) is 6.49. The van der Waals surface area contributed by atoms with E-state index in [0.717, 1.165) is 22.3 Å². The first-order chi connectivity index (χ1) is 9.02.